The van der Waals surface area contributed by atoms with Gasteiger partial charge in [-0.15, -0.1) is 0 Å². The van der Waals surface area contributed by atoms with E-state index in [-0.39, 0.29) is 19.6 Å². The molecule has 5 amide bonds. The molecule has 0 radical (unpaired) electrons. The molecule has 0 spiro atoms. The Labute approximate surface area is 426 Å². The van der Waals surface area contributed by atoms with Crippen molar-refractivity contribution < 1.29 is 113 Å². The Balaban J connectivity index is 3.56. The van der Waals surface area contributed by atoms with Gasteiger partial charge in [0.2, 0.25) is 17.7 Å². The van der Waals surface area contributed by atoms with E-state index in [1.54, 1.807) is 24.3 Å². The van der Waals surface area contributed by atoms with Crippen molar-refractivity contribution in [1.82, 2.24) is 50.2 Å². The third kappa shape index (κ3) is 28.5. The third-order valence-corrected chi connectivity index (χ3v) is 10.4. The molecule has 75 heavy (non-hydrogen) atoms. The van der Waals surface area contributed by atoms with Crippen LogP contribution in [0, 0.1) is 6.92 Å². The van der Waals surface area contributed by atoms with E-state index in [0.717, 1.165) is 15.4 Å². The van der Waals surface area contributed by atoms with Gasteiger partial charge in [-0.05, 0) is 12.5 Å². The van der Waals surface area contributed by atoms with E-state index in [4.69, 9.17) is 0 Å². The van der Waals surface area contributed by atoms with E-state index in [9.17, 15) is 113 Å². The summed E-state index contributed by atoms with van der Waals surface area (Å²) in [4.78, 5) is 164. The molecule has 0 heterocycles. The number of carbonyl (C=O) groups excluding carboxylic acids is 3. The molecule has 0 fully saturated rings. The summed E-state index contributed by atoms with van der Waals surface area (Å²) >= 11 is 0. The van der Waals surface area contributed by atoms with Gasteiger partial charge < -0.3 is 76.8 Å². The summed E-state index contributed by atoms with van der Waals surface area (Å²) in [6.07, 6.45) is -3.50. The molecule has 418 valence electrons. The van der Waals surface area contributed by atoms with Crippen molar-refractivity contribution in [3.8, 4) is 0 Å². The Morgan fingerprint density at radius 3 is 1.01 bits per heavy atom. The van der Waals surface area contributed by atoms with E-state index >= 15 is 0 Å². The lowest BCUT2D eigenvalue weighted by molar-refractivity contribution is -0.147. The zero-order valence-electron chi connectivity index (χ0n) is 40.5. The molecule has 0 aromatic heterocycles. The lowest BCUT2D eigenvalue weighted by atomic mass is 10.1. The zero-order chi connectivity index (χ0) is 56.9. The predicted octanol–water partition coefficient (Wildman–Crippen LogP) is -5.27. The van der Waals surface area contributed by atoms with Gasteiger partial charge in [0.15, 0.2) is 0 Å². The highest BCUT2D eigenvalue weighted by molar-refractivity contribution is 5.86. The van der Waals surface area contributed by atoms with Crippen LogP contribution in [0.15, 0.2) is 24.3 Å². The van der Waals surface area contributed by atoms with Crippen molar-refractivity contribution in [3.63, 3.8) is 0 Å². The largest absolute Gasteiger partial charge is 0.480 e. The first-order chi connectivity index (χ1) is 35.1. The van der Waals surface area contributed by atoms with E-state index in [1.165, 1.54) is 4.90 Å². The maximum atomic E-state index is 13.9. The van der Waals surface area contributed by atoms with Crippen molar-refractivity contribution in [2.75, 3.05) is 124 Å². The van der Waals surface area contributed by atoms with Crippen LogP contribution in [0.4, 0.5) is 9.59 Å². The third-order valence-electron chi connectivity index (χ3n) is 10.4. The predicted molar refractivity (Wildman–Crippen MR) is 249 cm³/mol. The summed E-state index contributed by atoms with van der Waals surface area (Å²) in [5.74, 6) is -15.3. The van der Waals surface area contributed by atoms with Crippen molar-refractivity contribution in [2.45, 2.75) is 25.6 Å². The molecule has 2 atom stereocenters. The topological polar surface area (TPSA) is 483 Å². The average Bonchev–Trinajstić information content (AvgIpc) is 3.26. The van der Waals surface area contributed by atoms with Gasteiger partial charge in [-0.3, -0.25) is 77.2 Å². The Kier molecular flexibility index (Phi) is 28.9. The zero-order valence-corrected chi connectivity index (χ0v) is 40.5. The molecule has 13 N–H and O–H groups in total. The smallest absolute Gasteiger partial charge is 0.407 e. The average molecular weight is 1080 g/mol. The number of aryl methyl sites for hydroxylation is 1. The molecule has 1 aromatic carbocycles. The van der Waals surface area contributed by atoms with E-state index in [2.05, 4.69) is 16.0 Å². The van der Waals surface area contributed by atoms with Crippen LogP contribution in [0.25, 0.3) is 0 Å². The first kappa shape index (κ1) is 64.7. The number of benzene rings is 1. The van der Waals surface area contributed by atoms with Crippen molar-refractivity contribution >= 4 is 77.7 Å². The summed E-state index contributed by atoms with van der Waals surface area (Å²) in [7, 11) is 0. The molecule has 0 unspecified atom stereocenters. The number of carboxylic acids is 8. The first-order valence-electron chi connectivity index (χ1n) is 22.3. The minimum atomic E-state index is -1.88. The molecule has 1 aromatic rings. The van der Waals surface area contributed by atoms with Crippen LogP contribution in [0.2, 0.25) is 0 Å². The van der Waals surface area contributed by atoms with Crippen molar-refractivity contribution in [3.05, 3.63) is 35.4 Å². The molecule has 1 rings (SSSR count). The maximum absolute atomic E-state index is 13.9. The highest BCUT2D eigenvalue weighted by atomic mass is 16.4. The summed E-state index contributed by atoms with van der Waals surface area (Å²) in [6.45, 7) is -12.2. The molecule has 0 saturated carbocycles. The van der Waals surface area contributed by atoms with Crippen molar-refractivity contribution in [1.29, 1.82) is 0 Å². The first-order valence-corrected chi connectivity index (χ1v) is 22.3. The fourth-order valence-corrected chi connectivity index (χ4v) is 6.99. The minimum Gasteiger partial charge on any atom is -0.480 e. The normalized spacial score (nSPS) is 11.9. The van der Waals surface area contributed by atoms with E-state index < -0.39 is 201 Å². The summed E-state index contributed by atoms with van der Waals surface area (Å²) in [6, 6.07) is 3.28. The number of aliphatic carboxylic acids is 8. The minimum absolute atomic E-state index is 0.0324. The number of carboxylic acid groups (broad SMARTS) is 10. The Bertz CT molecular complexity index is 2000. The standard InChI is InChI=1S/C42H62N10O23/c1-26-2-4-27(5-3-26)14-45-30(53)17-46(8-6-43-39(70)28(51(22-35(62)63)23-36(64)65)15-49(41(72)73)12-10-47(18-31(54)55)19-32(56)57)9-7-44-40(71)29(52(24-37(66)67)25-38(68)69)16-50(42(74)75)13-11-48(20-33(58)59)21-34(60)61/h2-5,28-29H,6-25H2,1H3,(H,43,70)(H,44,71)(H,45,53)(H,54,55)(H,56,57)(H,58,59)(H,60,61)(H,62,63)(H,64,65)(H,66,67)(H,68,69)(H,72,73)(H,74,75)/t28-,29-/m1/s1. The van der Waals surface area contributed by atoms with E-state index in [1.807, 2.05) is 6.92 Å². The number of nitrogens with zero attached hydrogens (tertiary/aromatic N) is 7. The maximum Gasteiger partial charge on any atom is 0.407 e. The van der Waals surface area contributed by atoms with Crippen LogP contribution < -0.4 is 16.0 Å². The van der Waals surface area contributed by atoms with Gasteiger partial charge in [0.25, 0.3) is 0 Å². The lowest BCUT2D eigenvalue weighted by Gasteiger charge is -2.33. The number of amides is 5. The van der Waals surface area contributed by atoms with Crippen LogP contribution in [0.1, 0.15) is 11.1 Å². The molecule has 0 aliphatic rings. The van der Waals surface area contributed by atoms with Gasteiger partial charge in [-0.1, -0.05) is 29.8 Å². The second-order valence-electron chi connectivity index (χ2n) is 16.5. The molecular weight excluding hydrogens is 1010 g/mol. The van der Waals surface area contributed by atoms with Crippen LogP contribution in [-0.2, 0) is 59.3 Å². The number of carbonyl (C=O) groups is 13. The molecule has 0 aliphatic carbocycles. The molecule has 0 aliphatic heterocycles. The molecular formula is C42H62N10O23. The number of hydrogen-bond donors (Lipinski definition) is 13. The SMILES string of the molecule is Cc1ccc(CNC(=O)CN(CCNC(=O)[C@@H](CN(CCN(CC(=O)O)CC(=O)O)C(=O)O)N(CC(=O)O)CC(=O)O)CCNC(=O)[C@@H](CN(CCN(CC(=O)O)CC(=O)O)C(=O)O)N(CC(=O)O)CC(=O)O)cc1. The van der Waals surface area contributed by atoms with Crippen molar-refractivity contribution in [2.24, 2.45) is 0 Å². The quantitative estimate of drug-likeness (QED) is 0.0292. The summed E-state index contributed by atoms with van der Waals surface area (Å²) in [5, 5.41) is 103. The van der Waals surface area contributed by atoms with Gasteiger partial charge in [-0.25, -0.2) is 9.59 Å². The Hall–Kier alpha value is -8.27. The molecule has 0 saturated heterocycles. The molecule has 33 heteroatoms. The van der Waals surface area contributed by atoms with Gasteiger partial charge >= 0.3 is 59.9 Å². The Morgan fingerprint density at radius 2 is 0.720 bits per heavy atom. The fourth-order valence-electron chi connectivity index (χ4n) is 6.99. The molecule has 33 nitrogen and oxygen atoms in total. The van der Waals surface area contributed by atoms with Crippen LogP contribution in [-0.4, -0.2) is 299 Å². The van der Waals surface area contributed by atoms with Gasteiger partial charge in [0, 0.05) is 72.0 Å². The van der Waals surface area contributed by atoms with E-state index in [0.29, 0.717) is 25.2 Å². The lowest BCUT2D eigenvalue weighted by Crippen LogP contribution is -2.57. The van der Waals surface area contributed by atoms with Gasteiger partial charge in [0.05, 0.1) is 58.9 Å². The van der Waals surface area contributed by atoms with Crippen LogP contribution >= 0.6 is 0 Å². The highest BCUT2D eigenvalue weighted by Crippen LogP contribution is 2.09. The van der Waals surface area contributed by atoms with Crippen LogP contribution in [0.3, 0.4) is 0 Å². The second-order valence-corrected chi connectivity index (χ2v) is 16.5. The number of rotatable bonds is 40. The second kappa shape index (κ2) is 33.5. The monoisotopic (exact) mass is 1070 g/mol. The number of nitrogens with one attached hydrogen (secondary N) is 3. The highest BCUT2D eigenvalue weighted by Gasteiger charge is 2.35. The Morgan fingerprint density at radius 1 is 0.400 bits per heavy atom. The summed E-state index contributed by atoms with van der Waals surface area (Å²) < 4.78 is 0. The van der Waals surface area contributed by atoms with Gasteiger partial charge in [-0.2, -0.15) is 0 Å². The van der Waals surface area contributed by atoms with Gasteiger partial charge in [0.1, 0.15) is 12.1 Å². The summed E-state index contributed by atoms with van der Waals surface area (Å²) in [5.41, 5.74) is 1.62. The van der Waals surface area contributed by atoms with Crippen LogP contribution in [0.5, 0.6) is 0 Å². The number of hydrogen-bond acceptors (Lipinski definition) is 18. The molecule has 0 bridgehead atoms. The fraction of sp³-hybridized carbons (Fsp3) is 0.548.